The fourth-order valence-electron chi connectivity index (χ4n) is 7.13. The van der Waals surface area contributed by atoms with Crippen LogP contribution in [0.25, 0.3) is 0 Å². The van der Waals surface area contributed by atoms with Gasteiger partial charge in [0.1, 0.15) is 17.6 Å². The standard InChI is InChI=1S/C30H44N2O5/c1-21-6-5-9-30(2)18-28-24(17-26(21)30)25(29(33)37-28)20-32(11-10-31-12-14-36-15-13-31)19-22-16-23(34-3)7-8-27(22)35-4/h7-8,16-17,21,24-25,28H,5-6,9-15,18-20H2,1-4H3/t21-,24+,25+,28-,30+/m1/s1. The second-order valence-corrected chi connectivity index (χ2v) is 11.7. The van der Waals surface area contributed by atoms with Crippen LogP contribution in [0.15, 0.2) is 29.8 Å². The van der Waals surface area contributed by atoms with Crippen LogP contribution in [0, 0.1) is 23.2 Å². The summed E-state index contributed by atoms with van der Waals surface area (Å²) in [6, 6.07) is 5.94. The highest BCUT2D eigenvalue weighted by Gasteiger charge is 2.52. The van der Waals surface area contributed by atoms with Crippen molar-refractivity contribution in [1.82, 2.24) is 9.80 Å². The molecule has 1 aromatic carbocycles. The summed E-state index contributed by atoms with van der Waals surface area (Å²) in [4.78, 5) is 18.2. The predicted molar refractivity (Wildman–Crippen MR) is 143 cm³/mol. The van der Waals surface area contributed by atoms with E-state index in [4.69, 9.17) is 18.9 Å². The number of nitrogens with zero attached hydrogens (tertiary/aromatic N) is 2. The van der Waals surface area contributed by atoms with E-state index >= 15 is 0 Å². The van der Waals surface area contributed by atoms with Crippen molar-refractivity contribution in [3.05, 3.63) is 35.4 Å². The van der Waals surface area contributed by atoms with Crippen molar-refractivity contribution in [3.8, 4) is 11.5 Å². The summed E-state index contributed by atoms with van der Waals surface area (Å²) in [5.74, 6) is 2.24. The molecule has 3 fully saturated rings. The molecule has 7 heteroatoms. The lowest BCUT2D eigenvalue weighted by atomic mass is 9.59. The molecule has 0 bridgehead atoms. The highest BCUT2D eigenvalue weighted by Crippen LogP contribution is 2.54. The number of fused-ring (bicyclic) bond motifs is 2. The minimum absolute atomic E-state index is 0.00370. The van der Waals surface area contributed by atoms with E-state index in [0.29, 0.717) is 19.0 Å². The zero-order valence-electron chi connectivity index (χ0n) is 23.0. The van der Waals surface area contributed by atoms with E-state index in [1.165, 1.54) is 19.3 Å². The molecule has 0 spiro atoms. The third-order valence-electron chi connectivity index (χ3n) is 9.25. The number of esters is 1. The SMILES string of the molecule is COc1ccc(OC)c(CN(CCN2CCOCC2)C[C@@H]2C(=O)O[C@@H]3C[C@]4(C)CCC[C@@H](C)C4=C[C@@H]23)c1. The summed E-state index contributed by atoms with van der Waals surface area (Å²) in [6.45, 7) is 11.4. The van der Waals surface area contributed by atoms with Crippen LogP contribution in [0.1, 0.15) is 45.1 Å². The fourth-order valence-corrected chi connectivity index (χ4v) is 7.13. The van der Waals surface area contributed by atoms with E-state index in [1.807, 2.05) is 18.2 Å². The minimum Gasteiger partial charge on any atom is -0.497 e. The van der Waals surface area contributed by atoms with Crippen molar-refractivity contribution >= 4 is 5.97 Å². The average molecular weight is 513 g/mol. The van der Waals surface area contributed by atoms with Gasteiger partial charge in [-0.1, -0.05) is 31.9 Å². The zero-order chi connectivity index (χ0) is 26.0. The van der Waals surface area contributed by atoms with Crippen molar-refractivity contribution in [3.63, 3.8) is 0 Å². The van der Waals surface area contributed by atoms with Crippen LogP contribution in [0.5, 0.6) is 11.5 Å². The predicted octanol–water partition coefficient (Wildman–Crippen LogP) is 4.15. The van der Waals surface area contributed by atoms with E-state index in [0.717, 1.165) is 62.9 Å². The maximum atomic E-state index is 13.3. The molecule has 1 aromatic rings. The Morgan fingerprint density at radius 2 is 2.00 bits per heavy atom. The molecule has 2 heterocycles. The molecular weight excluding hydrogens is 468 g/mol. The zero-order valence-corrected chi connectivity index (χ0v) is 23.0. The highest BCUT2D eigenvalue weighted by molar-refractivity contribution is 5.76. The molecule has 2 aliphatic carbocycles. The van der Waals surface area contributed by atoms with Crippen molar-refractivity contribution in [2.45, 2.75) is 52.2 Å². The summed E-state index contributed by atoms with van der Waals surface area (Å²) in [5.41, 5.74) is 2.82. The van der Waals surface area contributed by atoms with Gasteiger partial charge in [0.25, 0.3) is 0 Å². The van der Waals surface area contributed by atoms with E-state index in [1.54, 1.807) is 19.8 Å². The molecule has 0 N–H and O–H groups in total. The number of carbonyl (C=O) groups is 1. The monoisotopic (exact) mass is 512 g/mol. The quantitative estimate of drug-likeness (QED) is 0.364. The van der Waals surface area contributed by atoms with E-state index in [-0.39, 0.29) is 29.3 Å². The minimum atomic E-state index is -0.141. The lowest BCUT2D eigenvalue weighted by molar-refractivity contribution is -0.145. The molecule has 4 aliphatic rings. The van der Waals surface area contributed by atoms with Crippen molar-refractivity contribution in [2.75, 3.05) is 60.2 Å². The van der Waals surface area contributed by atoms with Crippen LogP contribution in [-0.2, 0) is 20.8 Å². The van der Waals surface area contributed by atoms with Gasteiger partial charge in [-0.2, -0.15) is 0 Å². The maximum absolute atomic E-state index is 13.3. The van der Waals surface area contributed by atoms with Gasteiger partial charge in [0.15, 0.2) is 0 Å². The number of methoxy groups -OCH3 is 2. The van der Waals surface area contributed by atoms with Gasteiger partial charge in [0.05, 0.1) is 33.4 Å². The Bertz CT molecular complexity index is 990. The summed E-state index contributed by atoms with van der Waals surface area (Å²) >= 11 is 0. The average Bonchev–Trinajstić information content (AvgIpc) is 3.19. The number of rotatable bonds is 9. The normalized spacial score (nSPS) is 31.9. The molecule has 37 heavy (non-hydrogen) atoms. The van der Waals surface area contributed by atoms with Crippen LogP contribution in [-0.4, -0.2) is 82.0 Å². The van der Waals surface area contributed by atoms with Crippen LogP contribution < -0.4 is 9.47 Å². The Hall–Kier alpha value is -2.09. The number of hydrogen-bond donors (Lipinski definition) is 0. The van der Waals surface area contributed by atoms with Crippen molar-refractivity contribution in [2.24, 2.45) is 23.2 Å². The van der Waals surface area contributed by atoms with Crippen molar-refractivity contribution < 1.29 is 23.7 Å². The summed E-state index contributed by atoms with van der Waals surface area (Å²) in [5, 5.41) is 0. The molecule has 204 valence electrons. The molecular formula is C30H44N2O5. The summed E-state index contributed by atoms with van der Waals surface area (Å²) < 4.78 is 22.8. The Labute approximate surface area is 222 Å². The summed E-state index contributed by atoms with van der Waals surface area (Å²) in [7, 11) is 3.39. The molecule has 0 unspecified atom stereocenters. The fraction of sp³-hybridized carbons (Fsp3) is 0.700. The maximum Gasteiger partial charge on any atom is 0.311 e. The Morgan fingerprint density at radius 3 is 2.76 bits per heavy atom. The van der Waals surface area contributed by atoms with Gasteiger partial charge in [-0.15, -0.1) is 0 Å². The first-order chi connectivity index (χ1) is 17.9. The number of carbonyl (C=O) groups excluding carboxylic acids is 1. The molecule has 5 rings (SSSR count). The molecule has 0 amide bonds. The second kappa shape index (κ2) is 11.3. The van der Waals surface area contributed by atoms with E-state index in [9.17, 15) is 4.79 Å². The Morgan fingerprint density at radius 1 is 1.19 bits per heavy atom. The van der Waals surface area contributed by atoms with E-state index < -0.39 is 0 Å². The van der Waals surface area contributed by atoms with Gasteiger partial charge in [-0.05, 0) is 48.8 Å². The largest absolute Gasteiger partial charge is 0.497 e. The number of ether oxygens (including phenoxy) is 4. The van der Waals surface area contributed by atoms with Gasteiger partial charge in [-0.3, -0.25) is 14.6 Å². The van der Waals surface area contributed by atoms with Gasteiger partial charge in [-0.25, -0.2) is 0 Å². The number of benzene rings is 1. The molecule has 7 nitrogen and oxygen atoms in total. The molecule has 2 aliphatic heterocycles. The molecule has 2 saturated heterocycles. The molecule has 0 radical (unpaired) electrons. The topological polar surface area (TPSA) is 60.5 Å². The van der Waals surface area contributed by atoms with Crippen molar-refractivity contribution in [1.29, 1.82) is 0 Å². The highest BCUT2D eigenvalue weighted by atomic mass is 16.6. The molecule has 1 saturated carbocycles. The third kappa shape index (κ3) is 5.69. The third-order valence-corrected chi connectivity index (χ3v) is 9.25. The van der Waals surface area contributed by atoms with Crippen LogP contribution in [0.3, 0.4) is 0 Å². The van der Waals surface area contributed by atoms with Gasteiger partial charge < -0.3 is 18.9 Å². The lowest BCUT2D eigenvalue weighted by Crippen LogP contribution is -2.44. The van der Waals surface area contributed by atoms with E-state index in [2.05, 4.69) is 29.7 Å². The first kappa shape index (κ1) is 26.5. The lowest BCUT2D eigenvalue weighted by Gasteiger charge is -2.46. The Kier molecular flexibility index (Phi) is 8.13. The first-order valence-corrected chi connectivity index (χ1v) is 14.1. The van der Waals surface area contributed by atoms with Crippen LogP contribution >= 0.6 is 0 Å². The molecule has 0 aromatic heterocycles. The molecule has 5 atom stereocenters. The van der Waals surface area contributed by atoms with Crippen LogP contribution in [0.2, 0.25) is 0 Å². The van der Waals surface area contributed by atoms with Gasteiger partial charge in [0, 0.05) is 50.7 Å². The first-order valence-electron chi connectivity index (χ1n) is 14.1. The van der Waals surface area contributed by atoms with Gasteiger partial charge in [0.2, 0.25) is 0 Å². The Balaban J connectivity index is 1.38. The number of hydrogen-bond acceptors (Lipinski definition) is 7. The second-order valence-electron chi connectivity index (χ2n) is 11.7. The van der Waals surface area contributed by atoms with Gasteiger partial charge >= 0.3 is 5.97 Å². The summed E-state index contributed by atoms with van der Waals surface area (Å²) in [6.07, 6.45) is 7.15. The number of allylic oxidation sites excluding steroid dienone is 1. The van der Waals surface area contributed by atoms with Crippen LogP contribution in [0.4, 0.5) is 0 Å². The number of morpholine rings is 1. The smallest absolute Gasteiger partial charge is 0.311 e.